The average Bonchev–Trinajstić information content (AvgIpc) is 2.58. The van der Waals surface area contributed by atoms with Gasteiger partial charge in [-0.1, -0.05) is 72.8 Å². The first-order chi connectivity index (χ1) is 11.5. The lowest BCUT2D eigenvalue weighted by atomic mass is 10.2. The Labute approximate surface area is 148 Å². The SMILES string of the molecule is FC(F)(F)c1cccc(P(c2ccccc2)c2ccccc2)c1Br. The van der Waals surface area contributed by atoms with Gasteiger partial charge in [0.2, 0.25) is 0 Å². The summed E-state index contributed by atoms with van der Waals surface area (Å²) in [4.78, 5) is 0. The summed E-state index contributed by atoms with van der Waals surface area (Å²) in [6, 6.07) is 23.7. The minimum atomic E-state index is -4.39. The summed E-state index contributed by atoms with van der Waals surface area (Å²) in [7, 11) is -1.08. The Bertz CT molecular complexity index is 778. The second-order valence-electron chi connectivity index (χ2n) is 5.14. The molecule has 0 aliphatic heterocycles. The second-order valence-corrected chi connectivity index (χ2v) is 8.12. The molecule has 0 saturated heterocycles. The number of alkyl halides is 3. The minimum absolute atomic E-state index is 0.122. The number of hydrogen-bond acceptors (Lipinski definition) is 0. The van der Waals surface area contributed by atoms with Crippen molar-refractivity contribution in [3.8, 4) is 0 Å². The maximum absolute atomic E-state index is 13.3. The summed E-state index contributed by atoms with van der Waals surface area (Å²) < 4.78 is 39.9. The first kappa shape index (κ1) is 17.2. The van der Waals surface area contributed by atoms with Crippen LogP contribution in [0.3, 0.4) is 0 Å². The van der Waals surface area contributed by atoms with Gasteiger partial charge in [-0.2, -0.15) is 13.2 Å². The molecule has 0 amide bonds. The zero-order valence-corrected chi connectivity index (χ0v) is 14.9. The Hall–Kier alpha value is -1.64. The molecule has 0 bridgehead atoms. The molecule has 3 aromatic carbocycles. The largest absolute Gasteiger partial charge is 0.417 e. The lowest BCUT2D eigenvalue weighted by Crippen LogP contribution is -2.23. The van der Waals surface area contributed by atoms with Crippen molar-refractivity contribution in [3.63, 3.8) is 0 Å². The van der Waals surface area contributed by atoms with Gasteiger partial charge in [0, 0.05) is 4.47 Å². The van der Waals surface area contributed by atoms with Crippen molar-refractivity contribution in [2.24, 2.45) is 0 Å². The van der Waals surface area contributed by atoms with Crippen LogP contribution in [0.5, 0.6) is 0 Å². The summed E-state index contributed by atoms with van der Waals surface area (Å²) >= 11 is 3.21. The zero-order valence-electron chi connectivity index (χ0n) is 12.5. The molecule has 0 aromatic heterocycles. The molecule has 0 saturated carbocycles. The van der Waals surface area contributed by atoms with Gasteiger partial charge >= 0.3 is 6.18 Å². The van der Waals surface area contributed by atoms with Crippen molar-refractivity contribution >= 4 is 39.8 Å². The highest BCUT2D eigenvalue weighted by Crippen LogP contribution is 2.40. The highest BCUT2D eigenvalue weighted by Gasteiger charge is 2.34. The Kier molecular flexibility index (Phi) is 5.07. The third-order valence-corrected chi connectivity index (χ3v) is 7.20. The number of hydrogen-bond donors (Lipinski definition) is 0. The lowest BCUT2D eigenvalue weighted by Gasteiger charge is -2.22. The van der Waals surface area contributed by atoms with Crippen LogP contribution in [-0.2, 0) is 6.18 Å². The van der Waals surface area contributed by atoms with Gasteiger partial charge in [0.15, 0.2) is 0 Å². The van der Waals surface area contributed by atoms with E-state index >= 15 is 0 Å². The Morgan fingerprint density at radius 3 is 1.62 bits per heavy atom. The molecular formula is C19H13BrF3P. The van der Waals surface area contributed by atoms with Gasteiger partial charge in [-0.05, 0) is 45.8 Å². The fourth-order valence-electron chi connectivity index (χ4n) is 2.49. The maximum Gasteiger partial charge on any atom is 0.417 e. The molecule has 0 heterocycles. The molecule has 0 atom stereocenters. The van der Waals surface area contributed by atoms with Crippen LogP contribution in [0.25, 0.3) is 0 Å². The zero-order chi connectivity index (χ0) is 17.2. The van der Waals surface area contributed by atoms with E-state index in [1.807, 2.05) is 60.7 Å². The highest BCUT2D eigenvalue weighted by molar-refractivity contribution is 9.10. The quantitative estimate of drug-likeness (QED) is 0.520. The highest BCUT2D eigenvalue weighted by atomic mass is 79.9. The molecule has 0 fully saturated rings. The molecule has 0 radical (unpaired) electrons. The van der Waals surface area contributed by atoms with E-state index in [2.05, 4.69) is 15.9 Å². The van der Waals surface area contributed by atoms with Gasteiger partial charge in [0.25, 0.3) is 0 Å². The topological polar surface area (TPSA) is 0 Å². The summed E-state index contributed by atoms with van der Waals surface area (Å²) in [5.74, 6) is 0. The van der Waals surface area contributed by atoms with E-state index in [9.17, 15) is 13.2 Å². The molecule has 3 rings (SSSR count). The van der Waals surface area contributed by atoms with E-state index in [0.717, 1.165) is 16.7 Å². The Morgan fingerprint density at radius 2 is 1.17 bits per heavy atom. The van der Waals surface area contributed by atoms with Crippen LogP contribution in [0.4, 0.5) is 13.2 Å². The van der Waals surface area contributed by atoms with Crippen LogP contribution in [0, 0.1) is 0 Å². The van der Waals surface area contributed by atoms with E-state index in [0.29, 0.717) is 5.30 Å². The van der Waals surface area contributed by atoms with Crippen LogP contribution in [0.15, 0.2) is 83.3 Å². The molecule has 0 aliphatic carbocycles. The first-order valence-corrected chi connectivity index (χ1v) is 9.38. The third-order valence-electron chi connectivity index (χ3n) is 3.55. The van der Waals surface area contributed by atoms with E-state index in [4.69, 9.17) is 0 Å². The number of benzene rings is 3. The molecule has 3 aromatic rings. The summed E-state index contributed by atoms with van der Waals surface area (Å²) in [5, 5.41) is 2.69. The van der Waals surface area contributed by atoms with E-state index in [1.165, 1.54) is 6.07 Å². The van der Waals surface area contributed by atoms with E-state index in [1.54, 1.807) is 6.07 Å². The summed E-state index contributed by atoms with van der Waals surface area (Å²) in [6.45, 7) is 0. The predicted molar refractivity (Wildman–Crippen MR) is 97.9 cm³/mol. The molecule has 0 aliphatic rings. The molecule has 0 N–H and O–H groups in total. The van der Waals surface area contributed by atoms with Gasteiger partial charge in [-0.25, -0.2) is 0 Å². The third kappa shape index (κ3) is 3.55. The number of halogens is 4. The summed E-state index contributed by atoms with van der Waals surface area (Å²) in [5.41, 5.74) is -0.639. The van der Waals surface area contributed by atoms with Crippen LogP contribution in [-0.4, -0.2) is 0 Å². The van der Waals surface area contributed by atoms with Crippen molar-refractivity contribution in [2.75, 3.05) is 0 Å². The fraction of sp³-hybridized carbons (Fsp3) is 0.0526. The molecular weight excluding hydrogens is 396 g/mol. The predicted octanol–water partition coefficient (Wildman–Crippen LogP) is 5.23. The van der Waals surface area contributed by atoms with Crippen molar-refractivity contribution in [3.05, 3.63) is 88.9 Å². The summed E-state index contributed by atoms with van der Waals surface area (Å²) in [6.07, 6.45) is -4.39. The van der Waals surface area contributed by atoms with Crippen molar-refractivity contribution < 1.29 is 13.2 Å². The smallest absolute Gasteiger partial charge is 0.166 e. The Morgan fingerprint density at radius 1 is 0.667 bits per heavy atom. The maximum atomic E-state index is 13.3. The minimum Gasteiger partial charge on any atom is -0.166 e. The lowest BCUT2D eigenvalue weighted by molar-refractivity contribution is -0.138. The monoisotopic (exact) mass is 408 g/mol. The van der Waals surface area contributed by atoms with Crippen molar-refractivity contribution in [1.82, 2.24) is 0 Å². The molecule has 5 heteroatoms. The normalized spacial score (nSPS) is 11.7. The van der Waals surface area contributed by atoms with Crippen LogP contribution in [0.2, 0.25) is 0 Å². The van der Waals surface area contributed by atoms with Gasteiger partial charge in [0.05, 0.1) is 5.56 Å². The van der Waals surface area contributed by atoms with Gasteiger partial charge in [-0.15, -0.1) is 0 Å². The fourth-order valence-corrected chi connectivity index (χ4v) is 5.86. The van der Waals surface area contributed by atoms with Crippen molar-refractivity contribution in [1.29, 1.82) is 0 Å². The second kappa shape index (κ2) is 7.08. The molecule has 122 valence electrons. The van der Waals surface area contributed by atoms with E-state index in [-0.39, 0.29) is 4.47 Å². The van der Waals surface area contributed by atoms with Crippen LogP contribution >= 0.6 is 23.9 Å². The molecule has 0 unspecified atom stereocenters. The van der Waals surface area contributed by atoms with Gasteiger partial charge in [0.1, 0.15) is 0 Å². The van der Waals surface area contributed by atoms with Crippen LogP contribution in [0.1, 0.15) is 5.56 Å². The standard InChI is InChI=1S/C19H13BrF3P/c20-18-16(19(21,22)23)12-7-13-17(18)24(14-8-3-1-4-9-14)15-10-5-2-6-11-15/h1-13H. The average molecular weight is 409 g/mol. The first-order valence-electron chi connectivity index (χ1n) is 7.24. The van der Waals surface area contributed by atoms with Crippen LogP contribution < -0.4 is 15.9 Å². The van der Waals surface area contributed by atoms with Gasteiger partial charge in [-0.3, -0.25) is 0 Å². The van der Waals surface area contributed by atoms with Gasteiger partial charge < -0.3 is 0 Å². The Balaban J connectivity index is 2.21. The molecule has 24 heavy (non-hydrogen) atoms. The molecule has 0 spiro atoms. The molecule has 0 nitrogen and oxygen atoms in total. The number of rotatable bonds is 3. The van der Waals surface area contributed by atoms with Crippen molar-refractivity contribution in [2.45, 2.75) is 6.18 Å². The van der Waals surface area contributed by atoms with E-state index < -0.39 is 19.7 Å².